The fourth-order valence-corrected chi connectivity index (χ4v) is 5.83. The quantitative estimate of drug-likeness (QED) is 0.442. The van der Waals surface area contributed by atoms with Crippen LogP contribution in [0.2, 0.25) is 0 Å². The molecule has 0 radical (unpaired) electrons. The first-order chi connectivity index (χ1) is 17.0. The van der Waals surface area contributed by atoms with Gasteiger partial charge in [-0.1, -0.05) is 30.0 Å². The van der Waals surface area contributed by atoms with Crippen LogP contribution in [0.5, 0.6) is 0 Å². The largest absolute Gasteiger partial charge is 0.314 e. The van der Waals surface area contributed by atoms with Crippen molar-refractivity contribution in [2.45, 2.75) is 27.1 Å². The van der Waals surface area contributed by atoms with Crippen LogP contribution >= 0.6 is 11.8 Å². The predicted molar refractivity (Wildman–Crippen MR) is 144 cm³/mol. The minimum absolute atomic E-state index is 0.190. The molecule has 0 spiro atoms. The van der Waals surface area contributed by atoms with E-state index in [2.05, 4.69) is 34.5 Å². The lowest BCUT2D eigenvalue weighted by atomic mass is 9.97. The molecule has 0 saturated carbocycles. The molecule has 4 rings (SSSR count). The van der Waals surface area contributed by atoms with E-state index in [-0.39, 0.29) is 6.04 Å². The van der Waals surface area contributed by atoms with Crippen molar-refractivity contribution in [3.05, 3.63) is 53.6 Å². The Balaban J connectivity index is 0.000000412. The molecule has 2 aromatic carbocycles. The highest BCUT2D eigenvalue weighted by Gasteiger charge is 2.30. The number of sulfonamides is 1. The van der Waals surface area contributed by atoms with E-state index in [1.807, 2.05) is 12.1 Å². The van der Waals surface area contributed by atoms with Crippen LogP contribution in [0.3, 0.4) is 0 Å². The van der Waals surface area contributed by atoms with Gasteiger partial charge in [-0.2, -0.15) is 16.8 Å². The molecule has 0 amide bonds. The molecule has 2 heterocycles. The molecule has 1 saturated heterocycles. The molecule has 2 aliphatic heterocycles. The first-order valence-electron chi connectivity index (χ1n) is 11.1. The number of nitrogens with zero attached hydrogens (tertiary/aromatic N) is 2. The van der Waals surface area contributed by atoms with Crippen molar-refractivity contribution in [3.63, 3.8) is 0 Å². The van der Waals surface area contributed by atoms with Crippen LogP contribution in [0.4, 0.5) is 0 Å². The molecule has 2 aromatic rings. The van der Waals surface area contributed by atoms with Gasteiger partial charge in [0, 0.05) is 56.1 Å². The van der Waals surface area contributed by atoms with Crippen LogP contribution in [-0.4, -0.2) is 96.3 Å². The summed E-state index contributed by atoms with van der Waals surface area (Å²) in [7, 11) is -7.62. The van der Waals surface area contributed by atoms with E-state index < -0.39 is 30.3 Å². The minimum atomic E-state index is -3.67. The molecule has 1 fully saturated rings. The summed E-state index contributed by atoms with van der Waals surface area (Å²) in [5, 5.41) is 3.41. The highest BCUT2D eigenvalue weighted by atomic mass is 32.2. The van der Waals surface area contributed by atoms with Crippen LogP contribution < -0.4 is 5.32 Å². The van der Waals surface area contributed by atoms with Crippen molar-refractivity contribution in [1.82, 2.24) is 14.5 Å². The average Bonchev–Trinajstić information content (AvgIpc) is 2.93. The Morgan fingerprint density at radius 3 is 1.97 bits per heavy atom. The van der Waals surface area contributed by atoms with Crippen LogP contribution in [-0.2, 0) is 36.7 Å². The van der Waals surface area contributed by atoms with Crippen molar-refractivity contribution >= 4 is 42.0 Å². The topological polar surface area (TPSA) is 161 Å². The standard InChI is InChI=1S/C20H25N3O2S2.2CH4O3S/c1-22(2)27(24,25)16-7-8-20-17(14-16)18(23-11-9-21-10-12-23)13-15-5-3-4-6-19(15)26-20;2*1-5(2,3)4/h3-8,14,18,21H,9-13H2,1-2H3;2*1H3,(H,2,3,4). The fraction of sp³-hybridized carbons (Fsp3) is 0.455. The van der Waals surface area contributed by atoms with Gasteiger partial charge in [0.05, 0.1) is 17.4 Å². The van der Waals surface area contributed by atoms with E-state index in [1.165, 1.54) is 14.8 Å². The van der Waals surface area contributed by atoms with Gasteiger partial charge in [0.2, 0.25) is 10.0 Å². The van der Waals surface area contributed by atoms with Gasteiger partial charge >= 0.3 is 0 Å². The molecule has 1 unspecified atom stereocenters. The highest BCUT2D eigenvalue weighted by Crippen LogP contribution is 2.43. The van der Waals surface area contributed by atoms with Crippen LogP contribution in [0.1, 0.15) is 17.2 Å². The van der Waals surface area contributed by atoms with Gasteiger partial charge in [0.25, 0.3) is 20.2 Å². The summed E-state index contributed by atoms with van der Waals surface area (Å²) in [6.45, 7) is 3.88. The molecule has 15 heteroatoms. The molecule has 11 nitrogen and oxygen atoms in total. The summed E-state index contributed by atoms with van der Waals surface area (Å²) in [5.74, 6) is 0. The van der Waals surface area contributed by atoms with Gasteiger partial charge in [-0.15, -0.1) is 0 Å². The highest BCUT2D eigenvalue weighted by molar-refractivity contribution is 7.99. The summed E-state index contributed by atoms with van der Waals surface area (Å²) in [5.41, 5.74) is 2.46. The third-order valence-corrected chi connectivity index (χ3v) is 8.34. The molecular formula is C22H33N3O8S4. The first kappa shape index (κ1) is 31.7. The van der Waals surface area contributed by atoms with Gasteiger partial charge < -0.3 is 5.32 Å². The van der Waals surface area contributed by atoms with E-state index in [1.54, 1.807) is 31.9 Å². The molecule has 37 heavy (non-hydrogen) atoms. The van der Waals surface area contributed by atoms with Crippen molar-refractivity contribution in [3.8, 4) is 0 Å². The van der Waals surface area contributed by atoms with Gasteiger partial charge in [0.15, 0.2) is 0 Å². The maximum absolute atomic E-state index is 12.7. The third-order valence-electron chi connectivity index (χ3n) is 5.32. The molecule has 2 aliphatic rings. The Kier molecular flexibility index (Phi) is 11.1. The summed E-state index contributed by atoms with van der Waals surface area (Å²) in [6.07, 6.45) is 2.33. The Morgan fingerprint density at radius 1 is 0.892 bits per heavy atom. The first-order valence-corrected chi connectivity index (χ1v) is 17.0. The molecular weight excluding hydrogens is 563 g/mol. The van der Waals surface area contributed by atoms with E-state index in [0.717, 1.165) is 43.1 Å². The van der Waals surface area contributed by atoms with E-state index in [4.69, 9.17) is 9.11 Å². The Hall–Kier alpha value is -1.56. The zero-order valence-corrected chi connectivity index (χ0v) is 24.3. The van der Waals surface area contributed by atoms with E-state index in [0.29, 0.717) is 17.4 Å². The van der Waals surface area contributed by atoms with Crippen molar-refractivity contribution in [1.29, 1.82) is 0 Å². The molecule has 0 bridgehead atoms. The fourth-order valence-electron chi connectivity index (χ4n) is 3.78. The summed E-state index contributed by atoms with van der Waals surface area (Å²) in [4.78, 5) is 5.28. The summed E-state index contributed by atoms with van der Waals surface area (Å²) < 4.78 is 78.4. The number of nitrogens with one attached hydrogen (secondary N) is 1. The van der Waals surface area contributed by atoms with E-state index >= 15 is 0 Å². The van der Waals surface area contributed by atoms with Crippen molar-refractivity contribution in [2.24, 2.45) is 0 Å². The average molecular weight is 596 g/mol. The number of benzene rings is 2. The lowest BCUT2D eigenvalue weighted by Crippen LogP contribution is -2.45. The Bertz CT molecular complexity index is 1340. The maximum atomic E-state index is 12.7. The van der Waals surface area contributed by atoms with Crippen LogP contribution in [0.15, 0.2) is 57.2 Å². The van der Waals surface area contributed by atoms with Gasteiger partial charge in [0.1, 0.15) is 0 Å². The van der Waals surface area contributed by atoms with Gasteiger partial charge in [-0.05, 0) is 41.8 Å². The Morgan fingerprint density at radius 2 is 1.43 bits per heavy atom. The lowest BCUT2D eigenvalue weighted by Gasteiger charge is -2.35. The van der Waals surface area contributed by atoms with E-state index in [9.17, 15) is 25.3 Å². The van der Waals surface area contributed by atoms with Crippen LogP contribution in [0, 0.1) is 0 Å². The number of fused-ring (bicyclic) bond motifs is 2. The second kappa shape index (κ2) is 13.0. The second-order valence-corrected chi connectivity index (χ2v) is 14.8. The second-order valence-electron chi connectivity index (χ2n) is 8.67. The summed E-state index contributed by atoms with van der Waals surface area (Å²) in [6, 6.07) is 14.3. The zero-order valence-electron chi connectivity index (χ0n) is 21.0. The molecule has 0 aromatic heterocycles. The van der Waals surface area contributed by atoms with Crippen molar-refractivity contribution in [2.75, 3.05) is 52.8 Å². The summed E-state index contributed by atoms with van der Waals surface area (Å²) >= 11 is 1.75. The van der Waals surface area contributed by atoms with Crippen LogP contribution in [0.25, 0.3) is 0 Å². The SMILES string of the molecule is CN(C)S(=O)(=O)c1ccc2c(c1)C(N1CCNCC1)Cc1ccccc1S2.CS(=O)(=O)O.CS(=O)(=O)O. The molecule has 0 aliphatic carbocycles. The van der Waals surface area contributed by atoms with Crippen molar-refractivity contribution < 1.29 is 34.4 Å². The molecule has 1 atom stereocenters. The number of piperazine rings is 1. The Labute approximate surface area is 223 Å². The normalized spacial score (nSPS) is 18.3. The lowest BCUT2D eigenvalue weighted by molar-refractivity contribution is 0.170. The third kappa shape index (κ3) is 10.6. The minimum Gasteiger partial charge on any atom is -0.314 e. The predicted octanol–water partition coefficient (Wildman–Crippen LogP) is 1.60. The smallest absolute Gasteiger partial charge is 0.261 e. The molecule has 3 N–H and O–H groups in total. The number of hydrogen-bond donors (Lipinski definition) is 3. The number of rotatable bonds is 3. The number of hydrogen-bond acceptors (Lipinski definition) is 9. The monoisotopic (exact) mass is 595 g/mol. The molecule has 208 valence electrons. The van der Waals surface area contributed by atoms with Gasteiger partial charge in [-0.3, -0.25) is 14.0 Å². The van der Waals surface area contributed by atoms with Gasteiger partial charge in [-0.25, -0.2) is 12.7 Å². The maximum Gasteiger partial charge on any atom is 0.261 e. The zero-order chi connectivity index (χ0) is 28.0.